The van der Waals surface area contributed by atoms with Crippen LogP contribution in [0.25, 0.3) is 0 Å². The summed E-state index contributed by atoms with van der Waals surface area (Å²) in [4.78, 5) is 24.2. The lowest BCUT2D eigenvalue weighted by Crippen LogP contribution is -2.44. The zero-order valence-corrected chi connectivity index (χ0v) is 18.1. The van der Waals surface area contributed by atoms with Crippen LogP contribution in [0.2, 0.25) is 0 Å². The number of para-hydroxylation sites is 1. The number of carbonyl (C=O) groups is 1. The maximum Gasteiger partial charge on any atom is 0.246 e. The molecule has 0 spiro atoms. The minimum atomic E-state index is 0. The van der Waals surface area contributed by atoms with Gasteiger partial charge in [0.25, 0.3) is 0 Å². The average molecular weight is 485 g/mol. The molecule has 0 saturated heterocycles. The Morgan fingerprint density at radius 3 is 2.88 bits per heavy atom. The Bertz CT molecular complexity index is 776. The van der Waals surface area contributed by atoms with Gasteiger partial charge in [0.15, 0.2) is 5.96 Å². The van der Waals surface area contributed by atoms with Crippen molar-refractivity contribution in [1.82, 2.24) is 15.6 Å². The van der Waals surface area contributed by atoms with Crippen molar-refractivity contribution in [3.63, 3.8) is 0 Å². The molecule has 26 heavy (non-hydrogen) atoms. The Balaban J connectivity index is 0.00000243. The van der Waals surface area contributed by atoms with Crippen LogP contribution in [0.4, 0.5) is 5.69 Å². The lowest BCUT2D eigenvalue weighted by molar-refractivity contribution is -0.117. The first-order valence-corrected chi connectivity index (χ1v) is 9.29. The number of aliphatic imine (C=N–C) groups is 1. The molecule has 8 heteroatoms. The molecule has 1 amide bonds. The van der Waals surface area contributed by atoms with Gasteiger partial charge in [-0.2, -0.15) is 0 Å². The van der Waals surface area contributed by atoms with Gasteiger partial charge >= 0.3 is 0 Å². The van der Waals surface area contributed by atoms with E-state index in [0.29, 0.717) is 12.5 Å². The molecule has 0 saturated carbocycles. The molecule has 1 aromatic carbocycles. The summed E-state index contributed by atoms with van der Waals surface area (Å²) in [6.45, 7) is 3.68. The van der Waals surface area contributed by atoms with Crippen molar-refractivity contribution < 1.29 is 4.79 Å². The second kappa shape index (κ2) is 9.86. The molecule has 0 unspecified atom stereocenters. The van der Waals surface area contributed by atoms with Gasteiger partial charge in [-0.1, -0.05) is 25.1 Å². The predicted octanol–water partition coefficient (Wildman–Crippen LogP) is 2.58. The lowest BCUT2D eigenvalue weighted by atomic mass is 10.2. The fraction of sp³-hybridized carbons (Fsp3) is 0.389. The van der Waals surface area contributed by atoms with E-state index in [1.54, 1.807) is 18.4 Å². The molecule has 0 aliphatic carbocycles. The van der Waals surface area contributed by atoms with Crippen LogP contribution in [0.3, 0.4) is 0 Å². The smallest absolute Gasteiger partial charge is 0.246 e. The fourth-order valence-corrected chi connectivity index (χ4v) is 3.63. The largest absolute Gasteiger partial charge is 0.350 e. The fourth-order valence-electron chi connectivity index (χ4n) is 2.83. The molecular weight excluding hydrogens is 461 g/mol. The first-order valence-electron chi connectivity index (χ1n) is 8.47. The third-order valence-corrected chi connectivity index (χ3v) is 5.32. The van der Waals surface area contributed by atoms with Crippen LogP contribution in [-0.4, -0.2) is 37.0 Å². The van der Waals surface area contributed by atoms with Gasteiger partial charge in [-0.25, -0.2) is 4.98 Å². The Kier molecular flexibility index (Phi) is 7.83. The zero-order valence-electron chi connectivity index (χ0n) is 15.0. The van der Waals surface area contributed by atoms with Crippen LogP contribution in [0, 0.1) is 0 Å². The Morgan fingerprint density at radius 1 is 1.35 bits per heavy atom. The average Bonchev–Trinajstić information content (AvgIpc) is 3.28. The van der Waals surface area contributed by atoms with E-state index in [4.69, 9.17) is 0 Å². The minimum Gasteiger partial charge on any atom is -0.350 e. The molecule has 140 valence electrons. The van der Waals surface area contributed by atoms with E-state index in [9.17, 15) is 4.79 Å². The summed E-state index contributed by atoms with van der Waals surface area (Å²) in [7, 11) is 1.70. The van der Waals surface area contributed by atoms with E-state index in [2.05, 4.69) is 33.6 Å². The van der Waals surface area contributed by atoms with Crippen LogP contribution >= 0.6 is 35.3 Å². The van der Waals surface area contributed by atoms with Crippen molar-refractivity contribution in [3.8, 4) is 0 Å². The SMILES string of the molecule is CCc1cnc(CNC(=NC)NCC(=O)N2CCc3ccccc32)s1.I. The minimum absolute atomic E-state index is 0. The number of benzene rings is 1. The summed E-state index contributed by atoms with van der Waals surface area (Å²) >= 11 is 1.69. The number of nitrogens with zero attached hydrogens (tertiary/aromatic N) is 3. The van der Waals surface area contributed by atoms with E-state index >= 15 is 0 Å². The highest BCUT2D eigenvalue weighted by Gasteiger charge is 2.23. The van der Waals surface area contributed by atoms with Crippen molar-refractivity contribution in [3.05, 3.63) is 45.9 Å². The number of hydrogen-bond acceptors (Lipinski definition) is 4. The van der Waals surface area contributed by atoms with Crippen LogP contribution in [0.5, 0.6) is 0 Å². The maximum absolute atomic E-state index is 12.5. The first kappa shape index (κ1) is 20.6. The third kappa shape index (κ3) is 4.94. The normalized spacial score (nSPS) is 13.2. The number of nitrogens with one attached hydrogen (secondary N) is 2. The van der Waals surface area contributed by atoms with Gasteiger partial charge in [0, 0.05) is 30.4 Å². The van der Waals surface area contributed by atoms with Gasteiger partial charge in [0.05, 0.1) is 13.1 Å². The number of amides is 1. The molecule has 2 N–H and O–H groups in total. The molecule has 3 rings (SSSR count). The summed E-state index contributed by atoms with van der Waals surface area (Å²) in [5.74, 6) is 0.657. The summed E-state index contributed by atoms with van der Waals surface area (Å²) in [6, 6.07) is 8.06. The predicted molar refractivity (Wildman–Crippen MR) is 118 cm³/mol. The van der Waals surface area contributed by atoms with Crippen molar-refractivity contribution in [2.75, 3.05) is 25.0 Å². The highest BCUT2D eigenvalue weighted by Crippen LogP contribution is 2.27. The van der Waals surface area contributed by atoms with Crippen molar-refractivity contribution >= 4 is 52.9 Å². The molecule has 1 aliphatic heterocycles. The first-order chi connectivity index (χ1) is 12.2. The summed E-state index contributed by atoms with van der Waals surface area (Å²) in [6.07, 6.45) is 3.82. The third-order valence-electron chi connectivity index (χ3n) is 4.18. The van der Waals surface area contributed by atoms with Gasteiger partial charge in [-0.3, -0.25) is 9.79 Å². The number of halogens is 1. The number of thiazole rings is 1. The number of aryl methyl sites for hydroxylation is 1. The van der Waals surface area contributed by atoms with Crippen molar-refractivity contribution in [2.45, 2.75) is 26.3 Å². The number of anilines is 1. The highest BCUT2D eigenvalue weighted by molar-refractivity contribution is 14.0. The van der Waals surface area contributed by atoms with E-state index in [1.807, 2.05) is 29.3 Å². The second-order valence-corrected chi connectivity index (χ2v) is 6.98. The number of aromatic nitrogens is 1. The Morgan fingerprint density at radius 2 is 2.15 bits per heavy atom. The monoisotopic (exact) mass is 485 g/mol. The van der Waals surface area contributed by atoms with Crippen molar-refractivity contribution in [1.29, 1.82) is 0 Å². The van der Waals surface area contributed by atoms with Crippen LogP contribution in [0.15, 0.2) is 35.5 Å². The van der Waals surface area contributed by atoms with Gasteiger partial charge in [0.1, 0.15) is 5.01 Å². The number of carbonyl (C=O) groups excluding carboxylic acids is 1. The number of hydrogen-bond donors (Lipinski definition) is 2. The lowest BCUT2D eigenvalue weighted by Gasteiger charge is -2.18. The second-order valence-electron chi connectivity index (χ2n) is 5.78. The highest BCUT2D eigenvalue weighted by atomic mass is 127. The summed E-state index contributed by atoms with van der Waals surface area (Å²) in [5.41, 5.74) is 2.25. The number of guanidine groups is 1. The van der Waals surface area contributed by atoms with E-state index < -0.39 is 0 Å². The van der Waals surface area contributed by atoms with Gasteiger partial charge in [-0.05, 0) is 24.5 Å². The molecule has 0 atom stereocenters. The molecule has 6 nitrogen and oxygen atoms in total. The molecule has 2 heterocycles. The van der Waals surface area contributed by atoms with E-state index in [-0.39, 0.29) is 36.4 Å². The van der Waals surface area contributed by atoms with Gasteiger partial charge in [0.2, 0.25) is 5.91 Å². The zero-order chi connectivity index (χ0) is 17.6. The number of rotatable bonds is 5. The van der Waals surface area contributed by atoms with E-state index in [0.717, 1.165) is 30.1 Å². The molecule has 2 aromatic rings. The Hall–Kier alpha value is -1.68. The Labute approximate surface area is 175 Å². The molecule has 0 radical (unpaired) electrons. The maximum atomic E-state index is 12.5. The molecule has 1 aromatic heterocycles. The van der Waals surface area contributed by atoms with Crippen molar-refractivity contribution in [2.24, 2.45) is 4.99 Å². The molecule has 0 fully saturated rings. The molecular formula is C18H24IN5OS. The van der Waals surface area contributed by atoms with Gasteiger partial charge < -0.3 is 15.5 Å². The quantitative estimate of drug-likeness (QED) is 0.388. The van der Waals surface area contributed by atoms with E-state index in [1.165, 1.54) is 10.4 Å². The number of fused-ring (bicyclic) bond motifs is 1. The van der Waals surface area contributed by atoms with Gasteiger partial charge in [-0.15, -0.1) is 35.3 Å². The molecule has 1 aliphatic rings. The summed E-state index contributed by atoms with van der Waals surface area (Å²) < 4.78 is 0. The standard InChI is InChI=1S/C18H23N5OS.HI/c1-3-14-10-20-16(25-14)11-21-18(19-2)22-12-17(24)23-9-8-13-6-4-5-7-15(13)23;/h4-7,10H,3,8-9,11-12H2,1-2H3,(H2,19,21,22);1H. The van der Waals surface area contributed by atoms with Crippen LogP contribution in [0.1, 0.15) is 22.4 Å². The van der Waals surface area contributed by atoms with Crippen LogP contribution in [-0.2, 0) is 24.2 Å². The van der Waals surface area contributed by atoms with Crippen LogP contribution < -0.4 is 15.5 Å². The topological polar surface area (TPSA) is 69.6 Å². The summed E-state index contributed by atoms with van der Waals surface area (Å²) in [5, 5.41) is 7.31. The molecule has 0 bridgehead atoms.